The Bertz CT molecular complexity index is 405. The third-order valence-corrected chi connectivity index (χ3v) is 4.69. The van der Waals surface area contributed by atoms with Crippen LogP contribution in [0.25, 0.3) is 0 Å². The molecule has 1 aromatic heterocycles. The number of aromatic nitrogens is 1. The zero-order chi connectivity index (χ0) is 11.1. The average Bonchev–Trinajstić information content (AvgIpc) is 2.42. The Balaban J connectivity index is 1.92. The topological polar surface area (TPSA) is 36.7 Å². The monoisotopic (exact) mass is 212 g/mol. The predicted octanol–water partition coefficient (Wildman–Crippen LogP) is 3.20. The Kier molecular flexibility index (Phi) is 2.04. The number of hydrogen-bond acceptors (Lipinski definition) is 2. The van der Waals surface area contributed by atoms with Crippen molar-refractivity contribution in [2.24, 2.45) is 5.41 Å². The largest absolute Gasteiger partial charge is 0.261 e. The van der Waals surface area contributed by atoms with Crippen molar-refractivity contribution in [3.8, 4) is 6.07 Å². The van der Waals surface area contributed by atoms with Gasteiger partial charge in [0.1, 0.15) is 0 Å². The van der Waals surface area contributed by atoms with Gasteiger partial charge < -0.3 is 0 Å². The fourth-order valence-corrected chi connectivity index (χ4v) is 3.41. The fraction of sp³-hybridized carbons (Fsp3) is 0.571. The summed E-state index contributed by atoms with van der Waals surface area (Å²) < 4.78 is 0. The summed E-state index contributed by atoms with van der Waals surface area (Å²) in [5.74, 6) is 0. The molecule has 2 heteroatoms. The van der Waals surface area contributed by atoms with Gasteiger partial charge in [-0.05, 0) is 50.7 Å². The van der Waals surface area contributed by atoms with Gasteiger partial charge in [-0.15, -0.1) is 0 Å². The van der Waals surface area contributed by atoms with Gasteiger partial charge in [-0.1, -0.05) is 6.07 Å². The summed E-state index contributed by atoms with van der Waals surface area (Å²) >= 11 is 0. The summed E-state index contributed by atoms with van der Waals surface area (Å²) in [7, 11) is 0. The number of rotatable bonds is 1. The molecule has 1 heterocycles. The van der Waals surface area contributed by atoms with Crippen molar-refractivity contribution >= 4 is 0 Å². The van der Waals surface area contributed by atoms with Gasteiger partial charge in [-0.25, -0.2) is 0 Å². The van der Waals surface area contributed by atoms with E-state index < -0.39 is 0 Å². The van der Waals surface area contributed by atoms with Gasteiger partial charge in [0.2, 0.25) is 0 Å². The van der Waals surface area contributed by atoms with Gasteiger partial charge in [0.25, 0.3) is 0 Å². The van der Waals surface area contributed by atoms with Gasteiger partial charge in [0, 0.05) is 17.3 Å². The summed E-state index contributed by atoms with van der Waals surface area (Å²) in [6.07, 6.45) is 8.55. The molecule has 3 aliphatic carbocycles. The maximum atomic E-state index is 9.26. The van der Waals surface area contributed by atoms with Crippen LogP contribution in [-0.4, -0.2) is 4.98 Å². The molecule has 0 radical (unpaired) electrons. The van der Waals surface area contributed by atoms with E-state index in [2.05, 4.69) is 23.2 Å². The Morgan fingerprint density at radius 1 is 1.06 bits per heavy atom. The fourth-order valence-electron chi connectivity index (χ4n) is 3.41. The summed E-state index contributed by atoms with van der Waals surface area (Å²) in [6, 6.07) is 8.77. The van der Waals surface area contributed by atoms with Gasteiger partial charge in [-0.2, -0.15) is 5.26 Å². The smallest absolute Gasteiger partial charge is 0.0689 e. The maximum Gasteiger partial charge on any atom is 0.0689 e. The summed E-state index contributed by atoms with van der Waals surface area (Å²) in [4.78, 5) is 4.54. The number of pyridine rings is 1. The van der Waals surface area contributed by atoms with Gasteiger partial charge in [0.15, 0.2) is 0 Å². The molecule has 2 nitrogen and oxygen atoms in total. The molecule has 3 aliphatic rings. The van der Waals surface area contributed by atoms with Crippen LogP contribution >= 0.6 is 0 Å². The van der Waals surface area contributed by atoms with E-state index in [0.717, 1.165) is 38.5 Å². The van der Waals surface area contributed by atoms with Crippen LogP contribution in [0.15, 0.2) is 24.4 Å². The number of hydrogen-bond donors (Lipinski definition) is 0. The van der Waals surface area contributed by atoms with Gasteiger partial charge >= 0.3 is 0 Å². The molecule has 1 aromatic rings. The predicted molar refractivity (Wildman–Crippen MR) is 61.7 cm³/mol. The molecule has 0 N–H and O–H groups in total. The second-order valence-corrected chi connectivity index (χ2v) is 5.39. The highest BCUT2D eigenvalue weighted by molar-refractivity contribution is 5.23. The molecule has 16 heavy (non-hydrogen) atoms. The first-order chi connectivity index (χ1) is 7.79. The van der Waals surface area contributed by atoms with Crippen LogP contribution < -0.4 is 0 Å². The second-order valence-electron chi connectivity index (χ2n) is 5.39. The third-order valence-electron chi connectivity index (χ3n) is 4.69. The number of nitrogens with zero attached hydrogens (tertiary/aromatic N) is 2. The molecule has 0 aromatic carbocycles. The van der Waals surface area contributed by atoms with E-state index in [1.165, 1.54) is 5.69 Å². The molecule has 4 rings (SSSR count). The van der Waals surface area contributed by atoms with Crippen molar-refractivity contribution < 1.29 is 0 Å². The zero-order valence-corrected chi connectivity index (χ0v) is 9.45. The highest BCUT2D eigenvalue weighted by atomic mass is 14.7. The average molecular weight is 212 g/mol. The van der Waals surface area contributed by atoms with Crippen LogP contribution in [0.3, 0.4) is 0 Å². The first-order valence-electron chi connectivity index (χ1n) is 6.12. The highest BCUT2D eigenvalue weighted by Gasteiger charge is 2.50. The molecule has 0 saturated heterocycles. The molecule has 0 spiro atoms. The van der Waals surface area contributed by atoms with Crippen LogP contribution in [0.1, 0.15) is 44.2 Å². The van der Waals surface area contributed by atoms with Crippen LogP contribution in [-0.2, 0) is 5.41 Å². The SMILES string of the molecule is N#CC12CCC(c3ccccn3)(CC1)CC2. The van der Waals surface area contributed by atoms with Crippen LogP contribution in [0.5, 0.6) is 0 Å². The van der Waals surface area contributed by atoms with Crippen LogP contribution in [0.4, 0.5) is 0 Å². The summed E-state index contributed by atoms with van der Waals surface area (Å²) in [6.45, 7) is 0. The molecule has 0 amide bonds. The van der Waals surface area contributed by atoms with Crippen molar-refractivity contribution in [1.29, 1.82) is 5.26 Å². The van der Waals surface area contributed by atoms with Crippen molar-refractivity contribution in [2.75, 3.05) is 0 Å². The Hall–Kier alpha value is -1.36. The Morgan fingerprint density at radius 3 is 2.25 bits per heavy atom. The lowest BCUT2D eigenvalue weighted by molar-refractivity contribution is 0.0821. The molecule has 3 fully saturated rings. The first-order valence-corrected chi connectivity index (χ1v) is 6.12. The molecular formula is C14H16N2. The van der Waals surface area contributed by atoms with E-state index in [1.54, 1.807) is 0 Å². The third kappa shape index (κ3) is 1.28. The minimum absolute atomic E-state index is 0.0104. The second kappa shape index (κ2) is 3.31. The highest BCUT2D eigenvalue weighted by Crippen LogP contribution is 2.56. The normalized spacial score (nSPS) is 36.9. The Labute approximate surface area is 96.3 Å². The molecule has 82 valence electrons. The van der Waals surface area contributed by atoms with E-state index in [0.29, 0.717) is 5.41 Å². The van der Waals surface area contributed by atoms with E-state index in [-0.39, 0.29) is 5.41 Å². The van der Waals surface area contributed by atoms with Crippen molar-refractivity contribution in [3.63, 3.8) is 0 Å². The zero-order valence-electron chi connectivity index (χ0n) is 9.45. The molecule has 0 unspecified atom stereocenters. The van der Waals surface area contributed by atoms with E-state index in [9.17, 15) is 5.26 Å². The maximum absolute atomic E-state index is 9.26. The standard InChI is InChI=1S/C14H16N2/c15-11-13-4-7-14(8-5-13,9-6-13)12-3-1-2-10-16-12/h1-3,10H,4-9H2. The van der Waals surface area contributed by atoms with Crippen molar-refractivity contribution in [2.45, 2.75) is 43.9 Å². The molecule has 3 saturated carbocycles. The molecule has 0 atom stereocenters. The minimum Gasteiger partial charge on any atom is -0.261 e. The lowest BCUT2D eigenvalue weighted by Crippen LogP contribution is -2.43. The minimum atomic E-state index is 0.0104. The number of fused-ring (bicyclic) bond motifs is 3. The Morgan fingerprint density at radius 2 is 1.75 bits per heavy atom. The lowest BCUT2D eigenvalue weighted by Gasteiger charge is -2.50. The molecule has 2 bridgehead atoms. The van der Waals surface area contributed by atoms with Crippen molar-refractivity contribution in [3.05, 3.63) is 30.1 Å². The van der Waals surface area contributed by atoms with E-state index in [1.807, 2.05) is 12.3 Å². The summed E-state index contributed by atoms with van der Waals surface area (Å²) in [5.41, 5.74) is 1.55. The van der Waals surface area contributed by atoms with Crippen molar-refractivity contribution in [1.82, 2.24) is 4.98 Å². The van der Waals surface area contributed by atoms with Crippen LogP contribution in [0.2, 0.25) is 0 Å². The number of nitriles is 1. The quantitative estimate of drug-likeness (QED) is 0.716. The summed E-state index contributed by atoms with van der Waals surface area (Å²) in [5, 5.41) is 9.26. The molecule has 0 aliphatic heterocycles. The van der Waals surface area contributed by atoms with Gasteiger partial charge in [0.05, 0.1) is 11.5 Å². The first kappa shape index (κ1) is 9.84. The molecular weight excluding hydrogens is 196 g/mol. The van der Waals surface area contributed by atoms with Crippen LogP contribution in [0, 0.1) is 16.7 Å². The van der Waals surface area contributed by atoms with Gasteiger partial charge in [-0.3, -0.25) is 4.98 Å². The van der Waals surface area contributed by atoms with E-state index in [4.69, 9.17) is 0 Å². The van der Waals surface area contributed by atoms with E-state index >= 15 is 0 Å². The lowest BCUT2D eigenvalue weighted by atomic mass is 9.53.